The van der Waals surface area contributed by atoms with Gasteiger partial charge in [0.05, 0.1) is 0 Å². The molecule has 228 valence electrons. The van der Waals surface area contributed by atoms with Crippen molar-refractivity contribution < 1.29 is 61.1 Å². The van der Waals surface area contributed by atoms with Crippen molar-refractivity contribution in [1.29, 1.82) is 0 Å². The summed E-state index contributed by atoms with van der Waals surface area (Å²) in [6, 6.07) is 9.83. The summed E-state index contributed by atoms with van der Waals surface area (Å²) in [5.74, 6) is 1.74. The second-order valence-corrected chi connectivity index (χ2v) is 10.1. The Kier molecular flexibility index (Phi) is 21.0. The number of ketones is 1. The number of hydrogen-bond donors (Lipinski definition) is 1. The average Bonchev–Trinajstić information content (AvgIpc) is 3.91. The minimum absolute atomic E-state index is 0. The number of benzene rings is 1. The molecule has 6 saturated carbocycles. The summed E-state index contributed by atoms with van der Waals surface area (Å²) in [5.41, 5.74) is 0.784. The first-order valence-electron chi connectivity index (χ1n) is 14.4. The molecule has 2 nitrogen and oxygen atoms in total. The van der Waals surface area contributed by atoms with Crippen molar-refractivity contribution in [3.63, 3.8) is 0 Å². The second-order valence-electron chi connectivity index (χ2n) is 10.1. The normalized spacial score (nSPS) is 27.8. The van der Waals surface area contributed by atoms with Crippen LogP contribution < -0.4 is 0 Å². The molecule has 7 aliphatic rings. The molecule has 5 heteroatoms. The second kappa shape index (κ2) is 22.8. The minimum Gasteiger partial charge on any atom is -0.380 e. The molecule has 30 radical (unpaired) electrons. The van der Waals surface area contributed by atoms with Crippen molar-refractivity contribution in [2.45, 2.75) is 11.5 Å². The Balaban J connectivity index is 0.000000336. The largest absolute Gasteiger partial charge is 2.00 e. The van der Waals surface area contributed by atoms with Gasteiger partial charge in [-0.15, -0.1) is 0 Å². The molecule has 0 bridgehead atoms. The molecule has 0 unspecified atom stereocenters. The van der Waals surface area contributed by atoms with E-state index >= 15 is 0 Å². The molecular formula is C41H34Fe3O2+6. The molecule has 6 fully saturated rings. The zero-order chi connectivity index (χ0) is 29.7. The smallest absolute Gasteiger partial charge is 0.380 e. The topological polar surface area (TPSA) is 37.3 Å². The molecule has 0 aliphatic heterocycles. The summed E-state index contributed by atoms with van der Waals surface area (Å²) in [4.78, 5) is 13.8. The van der Waals surface area contributed by atoms with Crippen LogP contribution in [0.25, 0.3) is 0 Å². The fraction of sp³-hybridized carbons (Fsp3) is 0.0488. The van der Waals surface area contributed by atoms with E-state index < -0.39 is 11.5 Å². The molecule has 0 heterocycles. The first-order chi connectivity index (χ1) is 21.2. The fourth-order valence-electron chi connectivity index (χ4n) is 5.43. The number of carbonyl (C=O) groups is 1. The molecule has 8 rings (SSSR count). The van der Waals surface area contributed by atoms with Crippen LogP contribution in [0.1, 0.15) is 11.5 Å². The molecule has 0 aromatic heterocycles. The van der Waals surface area contributed by atoms with Crippen molar-refractivity contribution >= 4 is 5.78 Å². The molecule has 7 aliphatic carbocycles. The molecule has 1 aromatic carbocycles. The van der Waals surface area contributed by atoms with Gasteiger partial charge in [-0.3, -0.25) is 4.79 Å². The maximum Gasteiger partial charge on any atom is 2.00 e. The van der Waals surface area contributed by atoms with E-state index in [9.17, 15) is 9.90 Å². The molecule has 1 aromatic rings. The molecule has 1 N–H and O–H groups in total. The summed E-state index contributed by atoms with van der Waals surface area (Å²) in [7, 11) is 0. The Morgan fingerprint density at radius 1 is 0.457 bits per heavy atom. The van der Waals surface area contributed by atoms with Crippen molar-refractivity contribution in [2.75, 3.05) is 0 Å². The van der Waals surface area contributed by atoms with Gasteiger partial charge in [-0.2, -0.15) is 0 Å². The third-order valence-electron chi connectivity index (χ3n) is 7.38. The molecule has 0 spiro atoms. The third-order valence-corrected chi connectivity index (χ3v) is 7.38. The predicted octanol–water partition coefficient (Wildman–Crippen LogP) is 6.65. The van der Waals surface area contributed by atoms with Gasteiger partial charge in [0.15, 0.2) is 5.78 Å². The predicted molar refractivity (Wildman–Crippen MR) is 172 cm³/mol. The van der Waals surface area contributed by atoms with Gasteiger partial charge in [0.1, 0.15) is 5.60 Å². The van der Waals surface area contributed by atoms with E-state index in [1.807, 2.05) is 204 Å². The van der Waals surface area contributed by atoms with Crippen molar-refractivity contribution in [1.82, 2.24) is 0 Å². The minimum atomic E-state index is -1.63. The van der Waals surface area contributed by atoms with Crippen LogP contribution in [0, 0.1) is 191 Å². The molecule has 0 amide bonds. The Morgan fingerprint density at radius 2 is 0.804 bits per heavy atom. The first-order valence-corrected chi connectivity index (χ1v) is 14.4. The van der Waals surface area contributed by atoms with Crippen LogP contribution in [-0.4, -0.2) is 16.5 Å². The molecule has 46 heavy (non-hydrogen) atoms. The van der Waals surface area contributed by atoms with Crippen LogP contribution in [0.4, 0.5) is 0 Å². The fourth-order valence-corrected chi connectivity index (χ4v) is 5.43. The summed E-state index contributed by atoms with van der Waals surface area (Å²) in [6.07, 6.45) is 53.1. The van der Waals surface area contributed by atoms with Gasteiger partial charge in [-0.1, -0.05) is 30.3 Å². The quantitative estimate of drug-likeness (QED) is 0.353. The molecular weight excluding hydrogens is 692 g/mol. The Labute approximate surface area is 314 Å². The van der Waals surface area contributed by atoms with E-state index in [4.69, 9.17) is 0 Å². The van der Waals surface area contributed by atoms with E-state index in [0.717, 1.165) is 23.0 Å². The van der Waals surface area contributed by atoms with Gasteiger partial charge in [0.2, 0.25) is 0 Å². The zero-order valence-electron chi connectivity index (χ0n) is 25.0. The standard InChI is InChI=1S/C26H19O2.3C5H5.3Fe/c27-25-23(19-12-6-7-13-19)22(18-10-4-5-11-18)24(20-14-2-1-3-15-20)26(25,28)21-16-8-9-17-21;3*1-2-4-5-3-1;;;/h1-17,24,28H;3*1-5H;;;/q;;;;3*+2/t24-,26-;;;;;;/m0....../s1. The summed E-state index contributed by atoms with van der Waals surface area (Å²) in [5, 5.41) is 12.0. The van der Waals surface area contributed by atoms with E-state index in [1.54, 1.807) is 0 Å². The van der Waals surface area contributed by atoms with Gasteiger partial charge >= 0.3 is 51.2 Å². The van der Waals surface area contributed by atoms with Gasteiger partial charge in [0.25, 0.3) is 0 Å². The first kappa shape index (κ1) is 42.3. The molecule has 2 atom stereocenters. The Hall–Kier alpha value is 0.148. The monoisotopic (exact) mass is 726 g/mol. The number of hydrogen-bond acceptors (Lipinski definition) is 2. The van der Waals surface area contributed by atoms with E-state index in [2.05, 4.69) is 0 Å². The third kappa shape index (κ3) is 11.1. The Morgan fingerprint density at radius 3 is 1.20 bits per heavy atom. The van der Waals surface area contributed by atoms with Crippen molar-refractivity contribution in [2.24, 2.45) is 0 Å². The summed E-state index contributed by atoms with van der Waals surface area (Å²) < 4.78 is 0. The van der Waals surface area contributed by atoms with Gasteiger partial charge < -0.3 is 5.11 Å². The number of aliphatic hydroxyl groups is 1. The van der Waals surface area contributed by atoms with Crippen LogP contribution in [0.3, 0.4) is 0 Å². The van der Waals surface area contributed by atoms with Crippen LogP contribution in [-0.2, 0) is 56.0 Å². The van der Waals surface area contributed by atoms with Crippen molar-refractivity contribution in [3.8, 4) is 0 Å². The van der Waals surface area contributed by atoms with E-state index in [0.29, 0.717) is 11.5 Å². The van der Waals surface area contributed by atoms with Crippen LogP contribution >= 0.6 is 0 Å². The number of rotatable bonds is 4. The maximum atomic E-state index is 13.8. The van der Waals surface area contributed by atoms with Crippen LogP contribution in [0.2, 0.25) is 0 Å². The van der Waals surface area contributed by atoms with Gasteiger partial charge in [-0.25, -0.2) is 0 Å². The van der Waals surface area contributed by atoms with Gasteiger partial charge in [0, 0.05) is 29.2 Å². The van der Waals surface area contributed by atoms with Gasteiger partial charge in [-0.05, 0) is 184 Å². The summed E-state index contributed by atoms with van der Waals surface area (Å²) in [6.45, 7) is 0. The average molecular weight is 726 g/mol. The molecule has 0 saturated heterocycles. The van der Waals surface area contributed by atoms with E-state index in [-0.39, 0.29) is 57.0 Å². The van der Waals surface area contributed by atoms with Crippen LogP contribution in [0.5, 0.6) is 0 Å². The maximum absolute atomic E-state index is 13.8. The Bertz CT molecular complexity index is 934. The van der Waals surface area contributed by atoms with E-state index in [1.165, 1.54) is 0 Å². The summed E-state index contributed by atoms with van der Waals surface area (Å²) >= 11 is 0. The zero-order valence-corrected chi connectivity index (χ0v) is 28.3. The number of carbonyl (C=O) groups excluding carboxylic acids is 1. The van der Waals surface area contributed by atoms with Crippen LogP contribution in [0.15, 0.2) is 41.5 Å². The SMILES string of the molecule is O=C1C([C]2[CH][CH][CH][CH]2)=C([C]2[CH][CH][CH][CH]2)[C@H](c2ccccc2)[C@@]1(O)[C]1[CH][CH][CH][CH]1.[CH]1[CH][CH][CH][CH]1.[CH]1[CH][CH][CH][CH]1.[CH]1[CH][CH][CH][CH]1.[Fe+2].[Fe+2].[Fe+2]. The number of Topliss-reactive ketones (excluding diaryl/α,β-unsaturated/α-hetero) is 1. The van der Waals surface area contributed by atoms with Crippen molar-refractivity contribution in [3.05, 3.63) is 238 Å².